The number of fused-ring (bicyclic) bond motifs is 6. The van der Waals surface area contributed by atoms with Gasteiger partial charge in [0.15, 0.2) is 0 Å². The standard InChI is InChI=1S/C35H26N2/c1-23-20-31-29-16-9-10-17-30(29)35-36-22-33(37(35)32(31)21-24(23)2)34-27(25-12-5-3-6-13-25)18-11-19-28(34)26-14-7-4-8-15-26/h3-22H,1-2H3. The van der Waals surface area contributed by atoms with Crippen LogP contribution in [0.1, 0.15) is 11.1 Å². The maximum atomic E-state index is 5.06. The van der Waals surface area contributed by atoms with Gasteiger partial charge in [0, 0.05) is 16.3 Å². The van der Waals surface area contributed by atoms with Crippen molar-refractivity contribution in [3.63, 3.8) is 0 Å². The van der Waals surface area contributed by atoms with Gasteiger partial charge < -0.3 is 0 Å². The summed E-state index contributed by atoms with van der Waals surface area (Å²) in [6.07, 6.45) is 2.06. The van der Waals surface area contributed by atoms with E-state index in [0.717, 1.165) is 11.3 Å². The fourth-order valence-corrected chi connectivity index (χ4v) is 5.62. The number of pyridine rings is 1. The normalized spacial score (nSPS) is 11.5. The molecule has 0 saturated heterocycles. The van der Waals surface area contributed by atoms with Crippen LogP contribution in [-0.2, 0) is 0 Å². The van der Waals surface area contributed by atoms with Gasteiger partial charge in [0.05, 0.1) is 17.4 Å². The van der Waals surface area contributed by atoms with E-state index in [1.165, 1.54) is 60.6 Å². The Balaban J connectivity index is 1.68. The summed E-state index contributed by atoms with van der Waals surface area (Å²) in [6.45, 7) is 4.39. The predicted molar refractivity (Wildman–Crippen MR) is 156 cm³/mol. The minimum absolute atomic E-state index is 0.989. The predicted octanol–water partition coefficient (Wildman–Crippen LogP) is 9.26. The fraction of sp³-hybridized carbons (Fsp3) is 0.0571. The van der Waals surface area contributed by atoms with Gasteiger partial charge in [-0.25, -0.2) is 4.98 Å². The van der Waals surface area contributed by atoms with E-state index in [4.69, 9.17) is 4.98 Å². The molecule has 0 atom stereocenters. The first-order valence-corrected chi connectivity index (χ1v) is 12.7. The molecule has 0 aliphatic rings. The van der Waals surface area contributed by atoms with Crippen LogP contribution in [0.3, 0.4) is 0 Å². The lowest BCUT2D eigenvalue weighted by Gasteiger charge is -2.18. The van der Waals surface area contributed by atoms with E-state index in [2.05, 4.69) is 140 Å². The van der Waals surface area contributed by atoms with Crippen LogP contribution in [0.5, 0.6) is 0 Å². The zero-order valence-electron chi connectivity index (χ0n) is 20.9. The first kappa shape index (κ1) is 21.6. The van der Waals surface area contributed by atoms with Crippen LogP contribution >= 0.6 is 0 Å². The Morgan fingerprint density at radius 1 is 0.541 bits per heavy atom. The van der Waals surface area contributed by atoms with E-state index in [-0.39, 0.29) is 0 Å². The third kappa shape index (κ3) is 3.37. The molecule has 2 aromatic heterocycles. The maximum absolute atomic E-state index is 5.06. The summed E-state index contributed by atoms with van der Waals surface area (Å²) >= 11 is 0. The van der Waals surface area contributed by atoms with Gasteiger partial charge in [-0.2, -0.15) is 0 Å². The number of aryl methyl sites for hydroxylation is 2. The third-order valence-electron chi connectivity index (χ3n) is 7.56. The number of nitrogens with zero attached hydrogens (tertiary/aromatic N) is 2. The molecular weight excluding hydrogens is 448 g/mol. The van der Waals surface area contributed by atoms with Gasteiger partial charge in [-0.1, -0.05) is 103 Å². The van der Waals surface area contributed by atoms with Crippen molar-refractivity contribution in [1.82, 2.24) is 9.38 Å². The Hall–Kier alpha value is -4.69. The average Bonchev–Trinajstić information content (AvgIpc) is 3.40. The highest BCUT2D eigenvalue weighted by Gasteiger charge is 2.20. The van der Waals surface area contributed by atoms with E-state index in [0.29, 0.717) is 0 Å². The zero-order chi connectivity index (χ0) is 24.9. The number of hydrogen-bond acceptors (Lipinski definition) is 1. The van der Waals surface area contributed by atoms with Gasteiger partial charge in [-0.3, -0.25) is 4.40 Å². The molecule has 0 unspecified atom stereocenters. The summed E-state index contributed by atoms with van der Waals surface area (Å²) in [5.74, 6) is 0. The monoisotopic (exact) mass is 474 g/mol. The number of imidazole rings is 1. The molecule has 0 aliphatic carbocycles. The van der Waals surface area contributed by atoms with Crippen molar-refractivity contribution in [3.05, 3.63) is 133 Å². The van der Waals surface area contributed by atoms with Crippen LogP contribution in [-0.4, -0.2) is 9.38 Å². The highest BCUT2D eigenvalue weighted by atomic mass is 15.0. The van der Waals surface area contributed by atoms with Crippen LogP contribution in [0, 0.1) is 13.8 Å². The number of benzene rings is 5. The van der Waals surface area contributed by atoms with E-state index in [1.807, 2.05) is 0 Å². The lowest BCUT2D eigenvalue weighted by atomic mass is 9.90. The molecule has 0 saturated carbocycles. The lowest BCUT2D eigenvalue weighted by molar-refractivity contribution is 1.25. The van der Waals surface area contributed by atoms with Gasteiger partial charge in [0.2, 0.25) is 0 Å². The van der Waals surface area contributed by atoms with Crippen LogP contribution in [0.15, 0.2) is 121 Å². The second-order valence-electron chi connectivity index (χ2n) is 9.76. The molecule has 0 spiro atoms. The fourth-order valence-electron chi connectivity index (χ4n) is 5.62. The summed E-state index contributed by atoms with van der Waals surface area (Å²) in [4.78, 5) is 5.06. The molecule has 0 aliphatic heterocycles. The first-order chi connectivity index (χ1) is 18.2. The average molecular weight is 475 g/mol. The van der Waals surface area contributed by atoms with Gasteiger partial charge in [-0.05, 0) is 64.7 Å². The van der Waals surface area contributed by atoms with Gasteiger partial charge in [-0.15, -0.1) is 0 Å². The Morgan fingerprint density at radius 2 is 1.11 bits per heavy atom. The topological polar surface area (TPSA) is 17.3 Å². The molecule has 2 nitrogen and oxygen atoms in total. The molecule has 7 aromatic rings. The zero-order valence-corrected chi connectivity index (χ0v) is 20.9. The Kier molecular flexibility index (Phi) is 4.93. The molecule has 0 N–H and O–H groups in total. The number of hydrogen-bond donors (Lipinski definition) is 0. The van der Waals surface area contributed by atoms with Crippen LogP contribution in [0.25, 0.3) is 60.8 Å². The minimum Gasteiger partial charge on any atom is -0.292 e. The highest BCUT2D eigenvalue weighted by Crippen LogP contribution is 2.42. The summed E-state index contributed by atoms with van der Waals surface area (Å²) in [6, 6.07) is 41.3. The van der Waals surface area contributed by atoms with Crippen molar-refractivity contribution in [2.75, 3.05) is 0 Å². The van der Waals surface area contributed by atoms with Crippen molar-refractivity contribution in [2.24, 2.45) is 0 Å². The summed E-state index contributed by atoms with van der Waals surface area (Å²) in [5.41, 5.74) is 11.9. The molecule has 37 heavy (non-hydrogen) atoms. The van der Waals surface area contributed by atoms with Crippen molar-refractivity contribution in [1.29, 1.82) is 0 Å². The molecule has 176 valence electrons. The van der Waals surface area contributed by atoms with Crippen LogP contribution < -0.4 is 0 Å². The number of rotatable bonds is 3. The van der Waals surface area contributed by atoms with E-state index in [1.54, 1.807) is 0 Å². The molecule has 0 amide bonds. The highest BCUT2D eigenvalue weighted by molar-refractivity contribution is 6.13. The van der Waals surface area contributed by atoms with E-state index in [9.17, 15) is 0 Å². The molecule has 5 aromatic carbocycles. The van der Waals surface area contributed by atoms with Crippen LogP contribution in [0.2, 0.25) is 0 Å². The Morgan fingerprint density at radius 3 is 1.76 bits per heavy atom. The van der Waals surface area contributed by atoms with Crippen molar-refractivity contribution >= 4 is 27.3 Å². The third-order valence-corrected chi connectivity index (χ3v) is 7.56. The summed E-state index contributed by atoms with van der Waals surface area (Å²) in [7, 11) is 0. The van der Waals surface area contributed by atoms with Crippen LogP contribution in [0.4, 0.5) is 0 Å². The second-order valence-corrected chi connectivity index (χ2v) is 9.76. The van der Waals surface area contributed by atoms with Gasteiger partial charge >= 0.3 is 0 Å². The molecule has 2 heteroatoms. The van der Waals surface area contributed by atoms with Gasteiger partial charge in [0.25, 0.3) is 0 Å². The van der Waals surface area contributed by atoms with Gasteiger partial charge in [0.1, 0.15) is 5.65 Å². The first-order valence-electron chi connectivity index (χ1n) is 12.7. The SMILES string of the molecule is Cc1cc2c3ccccc3c3ncc(-c4c(-c5ccccc5)cccc4-c4ccccc4)n3c2cc1C. The molecule has 0 radical (unpaired) electrons. The second kappa shape index (κ2) is 8.46. The van der Waals surface area contributed by atoms with E-state index < -0.39 is 0 Å². The van der Waals surface area contributed by atoms with E-state index >= 15 is 0 Å². The molecule has 2 heterocycles. The quantitative estimate of drug-likeness (QED) is 0.233. The molecular formula is C35H26N2. The lowest BCUT2D eigenvalue weighted by Crippen LogP contribution is -1.98. The Bertz CT molecular complexity index is 1870. The Labute approximate surface area is 216 Å². The van der Waals surface area contributed by atoms with Crippen molar-refractivity contribution in [3.8, 4) is 33.5 Å². The maximum Gasteiger partial charge on any atom is 0.145 e. The smallest absolute Gasteiger partial charge is 0.145 e. The van der Waals surface area contributed by atoms with Crippen molar-refractivity contribution in [2.45, 2.75) is 13.8 Å². The molecule has 7 rings (SSSR count). The van der Waals surface area contributed by atoms with Crippen molar-refractivity contribution < 1.29 is 0 Å². The summed E-state index contributed by atoms with van der Waals surface area (Å²) < 4.78 is 2.37. The molecule has 0 bridgehead atoms. The summed E-state index contributed by atoms with van der Waals surface area (Å²) in [5, 5.41) is 3.66. The number of aromatic nitrogens is 2. The largest absolute Gasteiger partial charge is 0.292 e. The minimum atomic E-state index is 0.989. The molecule has 0 fully saturated rings.